The molecule has 2 aromatic rings. The Labute approximate surface area is 90.2 Å². The standard InChI is InChI=1S/C10H9NO3S/c1-2-6-3-4-15-9(6)8-7(10(12)13)11-5-14-8/h3-5H,2H2,1H3,(H,12,13). The number of carbonyl (C=O) groups is 1. The smallest absolute Gasteiger partial charge is 0.358 e. The second kappa shape index (κ2) is 3.86. The molecule has 0 radical (unpaired) electrons. The molecule has 4 nitrogen and oxygen atoms in total. The van der Waals surface area contributed by atoms with Crippen molar-refractivity contribution in [2.75, 3.05) is 0 Å². The first-order chi connectivity index (χ1) is 7.24. The van der Waals surface area contributed by atoms with Crippen molar-refractivity contribution < 1.29 is 14.3 Å². The van der Waals surface area contributed by atoms with Gasteiger partial charge in [-0.15, -0.1) is 11.3 Å². The first kappa shape index (κ1) is 9.92. The normalized spacial score (nSPS) is 10.5. The van der Waals surface area contributed by atoms with Gasteiger partial charge < -0.3 is 9.52 Å². The number of aryl methyl sites for hydroxylation is 1. The van der Waals surface area contributed by atoms with Crippen molar-refractivity contribution in [1.29, 1.82) is 0 Å². The molecule has 0 atom stereocenters. The third-order valence-electron chi connectivity index (χ3n) is 2.10. The van der Waals surface area contributed by atoms with Crippen LogP contribution >= 0.6 is 11.3 Å². The van der Waals surface area contributed by atoms with Gasteiger partial charge in [0.25, 0.3) is 0 Å². The first-order valence-corrected chi connectivity index (χ1v) is 5.35. The number of carboxylic acids is 1. The molecule has 0 amide bonds. The number of aromatic carboxylic acids is 1. The average molecular weight is 223 g/mol. The highest BCUT2D eigenvalue weighted by Crippen LogP contribution is 2.32. The zero-order valence-electron chi connectivity index (χ0n) is 8.06. The van der Waals surface area contributed by atoms with E-state index in [2.05, 4.69) is 4.98 Å². The molecule has 0 spiro atoms. The number of rotatable bonds is 3. The summed E-state index contributed by atoms with van der Waals surface area (Å²) >= 11 is 1.47. The molecule has 0 bridgehead atoms. The molecule has 0 aliphatic rings. The van der Waals surface area contributed by atoms with Gasteiger partial charge in [0.15, 0.2) is 17.8 Å². The predicted molar refractivity (Wildman–Crippen MR) is 56.2 cm³/mol. The summed E-state index contributed by atoms with van der Waals surface area (Å²) < 4.78 is 5.13. The molecule has 0 aliphatic heterocycles. The number of hydrogen-bond acceptors (Lipinski definition) is 4. The molecule has 0 fully saturated rings. The van der Waals surface area contributed by atoms with Crippen molar-refractivity contribution in [2.24, 2.45) is 0 Å². The van der Waals surface area contributed by atoms with E-state index in [9.17, 15) is 4.79 Å². The van der Waals surface area contributed by atoms with Crippen LogP contribution in [0.1, 0.15) is 23.0 Å². The molecule has 0 aliphatic carbocycles. The minimum atomic E-state index is -1.06. The maximum atomic E-state index is 10.9. The van der Waals surface area contributed by atoms with Gasteiger partial charge in [-0.25, -0.2) is 9.78 Å². The van der Waals surface area contributed by atoms with E-state index >= 15 is 0 Å². The second-order valence-corrected chi connectivity index (χ2v) is 3.88. The molecule has 78 valence electrons. The summed E-state index contributed by atoms with van der Waals surface area (Å²) in [5, 5.41) is 10.8. The second-order valence-electron chi connectivity index (χ2n) is 2.96. The fraction of sp³-hybridized carbons (Fsp3) is 0.200. The summed E-state index contributed by atoms with van der Waals surface area (Å²) in [7, 11) is 0. The van der Waals surface area contributed by atoms with Gasteiger partial charge in [-0.1, -0.05) is 6.92 Å². The molecular formula is C10H9NO3S. The largest absolute Gasteiger partial charge is 0.476 e. The van der Waals surface area contributed by atoms with Crippen molar-refractivity contribution >= 4 is 17.3 Å². The lowest BCUT2D eigenvalue weighted by molar-refractivity contribution is 0.0691. The van der Waals surface area contributed by atoms with Gasteiger partial charge in [-0.05, 0) is 23.4 Å². The number of thiophene rings is 1. The van der Waals surface area contributed by atoms with E-state index in [0.717, 1.165) is 23.3 Å². The molecule has 15 heavy (non-hydrogen) atoms. The van der Waals surface area contributed by atoms with Crippen LogP contribution in [0, 0.1) is 0 Å². The van der Waals surface area contributed by atoms with Gasteiger partial charge in [-0.2, -0.15) is 0 Å². The molecule has 1 N–H and O–H groups in total. The van der Waals surface area contributed by atoms with Crippen LogP contribution in [0.4, 0.5) is 0 Å². The summed E-state index contributed by atoms with van der Waals surface area (Å²) in [5.41, 5.74) is 1.06. The Hall–Kier alpha value is -1.62. The summed E-state index contributed by atoms with van der Waals surface area (Å²) in [6.07, 6.45) is 2.01. The number of carboxylic acid groups (broad SMARTS) is 1. The van der Waals surface area contributed by atoms with E-state index in [-0.39, 0.29) is 5.69 Å². The summed E-state index contributed by atoms with van der Waals surface area (Å²) in [6, 6.07) is 1.97. The number of nitrogens with zero attached hydrogens (tertiary/aromatic N) is 1. The lowest BCUT2D eigenvalue weighted by atomic mass is 10.1. The average Bonchev–Trinajstić information content (AvgIpc) is 2.85. The topological polar surface area (TPSA) is 63.3 Å². The molecule has 0 unspecified atom stereocenters. The van der Waals surface area contributed by atoms with E-state index in [1.165, 1.54) is 11.3 Å². The van der Waals surface area contributed by atoms with Crippen molar-refractivity contribution in [1.82, 2.24) is 4.98 Å². The lowest BCUT2D eigenvalue weighted by Gasteiger charge is -1.97. The highest BCUT2D eigenvalue weighted by molar-refractivity contribution is 7.13. The minimum Gasteiger partial charge on any atom is -0.476 e. The molecular weight excluding hydrogens is 214 g/mol. The first-order valence-electron chi connectivity index (χ1n) is 4.47. The van der Waals surface area contributed by atoms with E-state index in [1.54, 1.807) is 0 Å². The highest BCUT2D eigenvalue weighted by atomic mass is 32.1. The highest BCUT2D eigenvalue weighted by Gasteiger charge is 2.19. The van der Waals surface area contributed by atoms with Gasteiger partial charge in [0.1, 0.15) is 0 Å². The molecule has 0 saturated heterocycles. The van der Waals surface area contributed by atoms with Crippen molar-refractivity contribution in [3.63, 3.8) is 0 Å². The SMILES string of the molecule is CCc1ccsc1-c1ocnc1C(=O)O. The third kappa shape index (κ3) is 1.66. The third-order valence-corrected chi connectivity index (χ3v) is 3.06. The van der Waals surface area contributed by atoms with Crippen LogP contribution in [0.3, 0.4) is 0 Å². The molecule has 0 saturated carbocycles. The lowest BCUT2D eigenvalue weighted by Crippen LogP contribution is -1.98. The Morgan fingerprint density at radius 3 is 3.13 bits per heavy atom. The Bertz CT molecular complexity index is 486. The Morgan fingerprint density at radius 2 is 2.47 bits per heavy atom. The van der Waals surface area contributed by atoms with E-state index < -0.39 is 5.97 Å². The number of aromatic nitrogens is 1. The minimum absolute atomic E-state index is 0.0212. The molecule has 2 rings (SSSR count). The summed E-state index contributed by atoms with van der Waals surface area (Å²) in [4.78, 5) is 15.4. The Balaban J connectivity index is 2.54. The maximum Gasteiger partial charge on any atom is 0.358 e. The van der Waals surface area contributed by atoms with Gasteiger partial charge in [0.2, 0.25) is 0 Å². The zero-order chi connectivity index (χ0) is 10.8. The number of oxazole rings is 1. The van der Waals surface area contributed by atoms with Crippen LogP contribution in [0.25, 0.3) is 10.6 Å². The van der Waals surface area contributed by atoms with Crippen LogP contribution in [0.5, 0.6) is 0 Å². The maximum absolute atomic E-state index is 10.9. The quantitative estimate of drug-likeness (QED) is 0.868. The van der Waals surface area contributed by atoms with Crippen molar-refractivity contribution in [3.05, 3.63) is 29.1 Å². The van der Waals surface area contributed by atoms with E-state index in [4.69, 9.17) is 9.52 Å². The Morgan fingerprint density at radius 1 is 1.67 bits per heavy atom. The zero-order valence-corrected chi connectivity index (χ0v) is 8.87. The summed E-state index contributed by atoms with van der Waals surface area (Å²) in [5.74, 6) is -0.705. The van der Waals surface area contributed by atoms with E-state index in [0.29, 0.717) is 5.76 Å². The van der Waals surface area contributed by atoms with Crippen LogP contribution in [0.2, 0.25) is 0 Å². The van der Waals surface area contributed by atoms with Crippen LogP contribution in [0.15, 0.2) is 22.3 Å². The van der Waals surface area contributed by atoms with Gasteiger partial charge in [0.05, 0.1) is 4.88 Å². The van der Waals surface area contributed by atoms with Crippen LogP contribution in [-0.2, 0) is 6.42 Å². The molecule has 2 aromatic heterocycles. The van der Waals surface area contributed by atoms with Gasteiger partial charge >= 0.3 is 5.97 Å². The predicted octanol–water partition coefficient (Wildman–Crippen LogP) is 2.66. The van der Waals surface area contributed by atoms with E-state index in [1.807, 2.05) is 18.4 Å². The fourth-order valence-corrected chi connectivity index (χ4v) is 2.36. The van der Waals surface area contributed by atoms with Crippen LogP contribution in [-0.4, -0.2) is 16.1 Å². The monoisotopic (exact) mass is 223 g/mol. The molecule has 5 heteroatoms. The summed E-state index contributed by atoms with van der Waals surface area (Å²) in [6.45, 7) is 2.02. The van der Waals surface area contributed by atoms with Crippen molar-refractivity contribution in [2.45, 2.75) is 13.3 Å². The van der Waals surface area contributed by atoms with Crippen LogP contribution < -0.4 is 0 Å². The molecule has 0 aromatic carbocycles. The molecule has 2 heterocycles. The van der Waals surface area contributed by atoms with Crippen molar-refractivity contribution in [3.8, 4) is 10.6 Å². The van der Waals surface area contributed by atoms with Gasteiger partial charge in [0, 0.05) is 0 Å². The fourth-order valence-electron chi connectivity index (χ4n) is 1.37. The van der Waals surface area contributed by atoms with Gasteiger partial charge in [-0.3, -0.25) is 0 Å². The number of hydrogen-bond donors (Lipinski definition) is 1. The Kier molecular flexibility index (Phi) is 2.55.